The van der Waals surface area contributed by atoms with Gasteiger partial charge in [-0.05, 0) is 13.3 Å². The summed E-state index contributed by atoms with van der Waals surface area (Å²) in [7, 11) is 0. The smallest absolute Gasteiger partial charge is 0.307 e. The van der Waals surface area contributed by atoms with E-state index in [0.717, 1.165) is 6.42 Å². The van der Waals surface area contributed by atoms with Crippen LogP contribution in [0.3, 0.4) is 0 Å². The zero-order chi connectivity index (χ0) is 12.4. The van der Waals surface area contributed by atoms with E-state index >= 15 is 0 Å². The van der Waals surface area contributed by atoms with E-state index in [4.69, 9.17) is 4.74 Å². The first-order valence-corrected chi connectivity index (χ1v) is 5.69. The maximum Gasteiger partial charge on any atom is 0.307 e. The van der Waals surface area contributed by atoms with E-state index in [1.54, 1.807) is 17.9 Å². The molecule has 1 amide bonds. The van der Waals surface area contributed by atoms with Gasteiger partial charge in [-0.3, -0.25) is 9.59 Å². The van der Waals surface area contributed by atoms with Crippen LogP contribution in [-0.4, -0.2) is 36.5 Å². The van der Waals surface area contributed by atoms with Crippen LogP contribution in [0.2, 0.25) is 0 Å². The Morgan fingerprint density at radius 3 is 2.50 bits per heavy atom. The SMILES string of the molecule is C=CCN(CCC(=O)OCC)C(=O)CCC. The highest BCUT2D eigenvalue weighted by molar-refractivity contribution is 5.77. The lowest BCUT2D eigenvalue weighted by atomic mass is 10.2. The van der Waals surface area contributed by atoms with Gasteiger partial charge in [-0.25, -0.2) is 0 Å². The molecule has 0 atom stereocenters. The zero-order valence-corrected chi connectivity index (χ0v) is 10.2. The van der Waals surface area contributed by atoms with Gasteiger partial charge in [0.05, 0.1) is 13.0 Å². The number of rotatable bonds is 8. The van der Waals surface area contributed by atoms with Gasteiger partial charge in [0.15, 0.2) is 0 Å². The van der Waals surface area contributed by atoms with Gasteiger partial charge >= 0.3 is 5.97 Å². The molecule has 0 rings (SSSR count). The van der Waals surface area contributed by atoms with Gasteiger partial charge in [0.25, 0.3) is 0 Å². The van der Waals surface area contributed by atoms with Crippen LogP contribution < -0.4 is 0 Å². The fourth-order valence-electron chi connectivity index (χ4n) is 1.31. The zero-order valence-electron chi connectivity index (χ0n) is 10.2. The average molecular weight is 227 g/mol. The Labute approximate surface area is 97.3 Å². The molecule has 4 heteroatoms. The summed E-state index contributed by atoms with van der Waals surface area (Å²) in [5.74, 6) is -0.201. The molecule has 0 aliphatic carbocycles. The molecule has 0 aromatic carbocycles. The van der Waals surface area contributed by atoms with Crippen LogP contribution in [0.25, 0.3) is 0 Å². The van der Waals surface area contributed by atoms with Crippen LogP contribution in [0.4, 0.5) is 0 Å². The van der Waals surface area contributed by atoms with Crippen LogP contribution in [0.1, 0.15) is 33.1 Å². The monoisotopic (exact) mass is 227 g/mol. The van der Waals surface area contributed by atoms with E-state index in [1.165, 1.54) is 0 Å². The van der Waals surface area contributed by atoms with Gasteiger partial charge in [0.1, 0.15) is 0 Å². The molecule has 0 radical (unpaired) electrons. The summed E-state index contributed by atoms with van der Waals surface area (Å²) >= 11 is 0. The van der Waals surface area contributed by atoms with Gasteiger partial charge in [0, 0.05) is 19.5 Å². The highest BCUT2D eigenvalue weighted by atomic mass is 16.5. The van der Waals surface area contributed by atoms with Crippen molar-refractivity contribution in [2.24, 2.45) is 0 Å². The van der Waals surface area contributed by atoms with E-state index in [2.05, 4.69) is 6.58 Å². The number of ether oxygens (including phenoxy) is 1. The van der Waals surface area contributed by atoms with E-state index in [1.807, 2.05) is 6.92 Å². The van der Waals surface area contributed by atoms with Crippen molar-refractivity contribution < 1.29 is 14.3 Å². The van der Waals surface area contributed by atoms with E-state index in [0.29, 0.717) is 26.1 Å². The second kappa shape index (κ2) is 8.95. The number of hydrogen-bond acceptors (Lipinski definition) is 3. The summed E-state index contributed by atoms with van der Waals surface area (Å²) in [5, 5.41) is 0. The molecule has 0 aliphatic heterocycles. The van der Waals surface area contributed by atoms with Crippen LogP contribution >= 0.6 is 0 Å². The standard InChI is InChI=1S/C12H21NO3/c1-4-7-11(14)13(9-5-2)10-8-12(15)16-6-3/h5H,2,4,6-10H2,1,3H3. The van der Waals surface area contributed by atoms with Crippen molar-refractivity contribution in [3.63, 3.8) is 0 Å². The highest BCUT2D eigenvalue weighted by Gasteiger charge is 2.12. The largest absolute Gasteiger partial charge is 0.466 e. The number of carbonyl (C=O) groups excluding carboxylic acids is 2. The molecule has 0 heterocycles. The van der Waals surface area contributed by atoms with E-state index < -0.39 is 0 Å². The second-order valence-electron chi connectivity index (χ2n) is 3.43. The third-order valence-electron chi connectivity index (χ3n) is 2.06. The highest BCUT2D eigenvalue weighted by Crippen LogP contribution is 2.00. The number of carbonyl (C=O) groups is 2. The lowest BCUT2D eigenvalue weighted by Gasteiger charge is -2.20. The van der Waals surface area contributed by atoms with Crippen molar-refractivity contribution in [3.05, 3.63) is 12.7 Å². The molecule has 0 aromatic rings. The summed E-state index contributed by atoms with van der Waals surface area (Å²) in [6.45, 7) is 8.58. The van der Waals surface area contributed by atoms with Gasteiger partial charge in [-0.2, -0.15) is 0 Å². The fourth-order valence-corrected chi connectivity index (χ4v) is 1.31. The van der Waals surface area contributed by atoms with Crippen molar-refractivity contribution in [2.45, 2.75) is 33.1 Å². The molecule has 16 heavy (non-hydrogen) atoms. The first-order chi connectivity index (χ1) is 7.65. The lowest BCUT2D eigenvalue weighted by Crippen LogP contribution is -2.33. The minimum absolute atomic E-state index is 0.0618. The fraction of sp³-hybridized carbons (Fsp3) is 0.667. The molecule has 0 aliphatic rings. The molecule has 0 unspecified atom stereocenters. The Morgan fingerprint density at radius 2 is 2.00 bits per heavy atom. The predicted octanol–water partition coefficient (Wildman–Crippen LogP) is 1.75. The van der Waals surface area contributed by atoms with Crippen molar-refractivity contribution >= 4 is 11.9 Å². The van der Waals surface area contributed by atoms with Crippen LogP contribution in [0.5, 0.6) is 0 Å². The summed E-state index contributed by atoms with van der Waals surface area (Å²) < 4.78 is 4.81. The number of esters is 1. The second-order valence-corrected chi connectivity index (χ2v) is 3.43. The molecular weight excluding hydrogens is 206 g/mol. The quantitative estimate of drug-likeness (QED) is 0.469. The normalized spacial score (nSPS) is 9.62. The maximum absolute atomic E-state index is 11.6. The van der Waals surface area contributed by atoms with E-state index in [9.17, 15) is 9.59 Å². The molecule has 0 aromatic heterocycles. The summed E-state index contributed by atoms with van der Waals surface area (Å²) in [5.41, 5.74) is 0. The van der Waals surface area contributed by atoms with Crippen molar-refractivity contribution in [2.75, 3.05) is 19.7 Å². The van der Waals surface area contributed by atoms with Crippen molar-refractivity contribution in [3.8, 4) is 0 Å². The van der Waals surface area contributed by atoms with Gasteiger partial charge < -0.3 is 9.64 Å². The summed E-state index contributed by atoms with van der Waals surface area (Å²) in [6, 6.07) is 0. The molecule has 0 spiro atoms. The molecule has 0 N–H and O–H groups in total. The Bertz CT molecular complexity index is 238. The summed E-state index contributed by atoms with van der Waals surface area (Å²) in [6.07, 6.45) is 3.23. The molecule has 0 bridgehead atoms. The Hall–Kier alpha value is -1.32. The molecule has 4 nitrogen and oxygen atoms in total. The first-order valence-electron chi connectivity index (χ1n) is 5.69. The number of hydrogen-bond donors (Lipinski definition) is 0. The Balaban J connectivity index is 4.07. The molecule has 92 valence electrons. The minimum Gasteiger partial charge on any atom is -0.466 e. The average Bonchev–Trinajstić information content (AvgIpc) is 2.24. The van der Waals surface area contributed by atoms with Gasteiger partial charge in [-0.1, -0.05) is 13.0 Å². The maximum atomic E-state index is 11.6. The predicted molar refractivity (Wildman–Crippen MR) is 62.9 cm³/mol. The minimum atomic E-state index is -0.263. The third kappa shape index (κ3) is 6.22. The molecule has 0 saturated heterocycles. The van der Waals surface area contributed by atoms with Gasteiger partial charge in [0.2, 0.25) is 5.91 Å². The van der Waals surface area contributed by atoms with E-state index in [-0.39, 0.29) is 18.3 Å². The van der Waals surface area contributed by atoms with Crippen LogP contribution in [0, 0.1) is 0 Å². The lowest BCUT2D eigenvalue weighted by molar-refractivity contribution is -0.144. The molecular formula is C12H21NO3. The van der Waals surface area contributed by atoms with Crippen LogP contribution in [0.15, 0.2) is 12.7 Å². The molecule has 0 saturated carbocycles. The Morgan fingerprint density at radius 1 is 1.31 bits per heavy atom. The van der Waals surface area contributed by atoms with Gasteiger partial charge in [-0.15, -0.1) is 6.58 Å². The molecule has 0 fully saturated rings. The van der Waals surface area contributed by atoms with Crippen LogP contribution in [-0.2, 0) is 14.3 Å². The number of amides is 1. The number of nitrogens with zero attached hydrogens (tertiary/aromatic N) is 1. The summed E-state index contributed by atoms with van der Waals surface area (Å²) in [4.78, 5) is 24.4. The third-order valence-corrected chi connectivity index (χ3v) is 2.06. The first kappa shape index (κ1) is 14.7. The van der Waals surface area contributed by atoms with Crippen molar-refractivity contribution in [1.82, 2.24) is 4.90 Å². The van der Waals surface area contributed by atoms with Crippen molar-refractivity contribution in [1.29, 1.82) is 0 Å². The Kier molecular flexibility index (Phi) is 8.21. The topological polar surface area (TPSA) is 46.6 Å².